The average Bonchev–Trinajstić information content (AvgIpc) is 3.12. The SMILES string of the molecule is N#Cc1ccc(N2C[C@@]3(C(N)=O)C[C@@]3(C(F)(F)F)C2)c2cccnc12. The van der Waals surface area contributed by atoms with Crippen molar-refractivity contribution in [2.45, 2.75) is 12.6 Å². The number of amides is 1. The van der Waals surface area contributed by atoms with Gasteiger partial charge in [0.25, 0.3) is 0 Å². The Morgan fingerprint density at radius 3 is 2.68 bits per heavy atom. The Balaban J connectivity index is 1.83. The summed E-state index contributed by atoms with van der Waals surface area (Å²) in [7, 11) is 0. The van der Waals surface area contributed by atoms with Crippen molar-refractivity contribution in [1.82, 2.24) is 4.98 Å². The van der Waals surface area contributed by atoms with Gasteiger partial charge in [0, 0.05) is 30.4 Å². The molecule has 2 fully saturated rings. The zero-order valence-electron chi connectivity index (χ0n) is 13.0. The van der Waals surface area contributed by atoms with Crippen LogP contribution in [0.2, 0.25) is 0 Å². The predicted octanol–water partition coefficient (Wildman–Crippen LogP) is 2.35. The summed E-state index contributed by atoms with van der Waals surface area (Å²) in [5, 5.41) is 9.77. The van der Waals surface area contributed by atoms with Crippen molar-refractivity contribution < 1.29 is 18.0 Å². The van der Waals surface area contributed by atoms with E-state index in [9.17, 15) is 23.2 Å². The van der Waals surface area contributed by atoms with E-state index in [2.05, 4.69) is 4.98 Å². The van der Waals surface area contributed by atoms with E-state index >= 15 is 0 Å². The van der Waals surface area contributed by atoms with Gasteiger partial charge < -0.3 is 10.6 Å². The average molecular weight is 346 g/mol. The van der Waals surface area contributed by atoms with Gasteiger partial charge in [-0.25, -0.2) is 0 Å². The van der Waals surface area contributed by atoms with Crippen LogP contribution in [0.25, 0.3) is 10.9 Å². The van der Waals surface area contributed by atoms with Crippen LogP contribution >= 0.6 is 0 Å². The second-order valence-corrected chi connectivity index (χ2v) is 6.70. The van der Waals surface area contributed by atoms with Crippen molar-refractivity contribution in [1.29, 1.82) is 5.26 Å². The first-order valence-electron chi connectivity index (χ1n) is 7.65. The van der Waals surface area contributed by atoms with Gasteiger partial charge in [0.05, 0.1) is 16.5 Å². The molecule has 0 spiro atoms. The first-order chi connectivity index (χ1) is 11.8. The minimum Gasteiger partial charge on any atom is -0.369 e. The number of piperidine rings is 1. The highest BCUT2D eigenvalue weighted by Crippen LogP contribution is 2.74. The van der Waals surface area contributed by atoms with Crippen LogP contribution in [0.15, 0.2) is 30.5 Å². The smallest absolute Gasteiger partial charge is 0.369 e. The highest BCUT2D eigenvalue weighted by Gasteiger charge is 2.85. The molecular weight excluding hydrogens is 333 g/mol. The molecule has 128 valence electrons. The Labute approximate surface area is 140 Å². The second kappa shape index (κ2) is 4.63. The Bertz CT molecular complexity index is 951. The summed E-state index contributed by atoms with van der Waals surface area (Å²) in [4.78, 5) is 17.5. The number of carbonyl (C=O) groups is 1. The molecule has 4 rings (SSSR count). The molecule has 1 saturated heterocycles. The molecule has 2 aliphatic rings. The molecule has 1 aromatic heterocycles. The van der Waals surface area contributed by atoms with Crippen LogP contribution in [-0.4, -0.2) is 30.2 Å². The molecule has 8 heteroatoms. The lowest BCUT2D eigenvalue weighted by Gasteiger charge is -2.25. The number of fused-ring (bicyclic) bond motifs is 2. The van der Waals surface area contributed by atoms with Gasteiger partial charge in [-0.1, -0.05) is 0 Å². The summed E-state index contributed by atoms with van der Waals surface area (Å²) in [6.07, 6.45) is -3.24. The van der Waals surface area contributed by atoms with Crippen molar-refractivity contribution in [2.24, 2.45) is 16.6 Å². The number of carbonyl (C=O) groups excluding carboxylic acids is 1. The van der Waals surface area contributed by atoms with E-state index in [1.165, 1.54) is 17.2 Å². The van der Waals surface area contributed by atoms with Crippen molar-refractivity contribution >= 4 is 22.5 Å². The molecular formula is C17H13F3N4O. The summed E-state index contributed by atoms with van der Waals surface area (Å²) in [5.41, 5.74) is 2.97. The number of nitrogens with zero attached hydrogens (tertiary/aromatic N) is 3. The fourth-order valence-electron chi connectivity index (χ4n) is 4.15. The number of nitriles is 1. The van der Waals surface area contributed by atoms with Gasteiger partial charge in [0.2, 0.25) is 5.91 Å². The Morgan fingerprint density at radius 2 is 2.08 bits per heavy atom. The number of alkyl halides is 3. The van der Waals surface area contributed by atoms with Crippen LogP contribution < -0.4 is 10.6 Å². The summed E-state index contributed by atoms with van der Waals surface area (Å²) >= 11 is 0. The molecule has 1 saturated carbocycles. The lowest BCUT2D eigenvalue weighted by molar-refractivity contribution is -0.191. The molecule has 5 nitrogen and oxygen atoms in total. The normalized spacial score (nSPS) is 27.8. The van der Waals surface area contributed by atoms with Gasteiger partial charge in [-0.05, 0) is 30.7 Å². The molecule has 2 N–H and O–H groups in total. The van der Waals surface area contributed by atoms with E-state index in [1.807, 2.05) is 6.07 Å². The number of rotatable bonds is 2. The van der Waals surface area contributed by atoms with E-state index in [4.69, 9.17) is 5.73 Å². The summed E-state index contributed by atoms with van der Waals surface area (Å²) in [6.45, 7) is -0.410. The maximum Gasteiger partial charge on any atom is 0.397 e. The van der Waals surface area contributed by atoms with Gasteiger partial charge in [0.1, 0.15) is 11.5 Å². The maximum absolute atomic E-state index is 13.6. The third kappa shape index (κ3) is 1.83. The molecule has 0 unspecified atom stereocenters. The Kier molecular flexibility index (Phi) is 2.90. The monoisotopic (exact) mass is 346 g/mol. The molecule has 1 amide bonds. The largest absolute Gasteiger partial charge is 0.397 e. The predicted molar refractivity (Wildman–Crippen MR) is 83.4 cm³/mol. The van der Waals surface area contributed by atoms with Crippen molar-refractivity contribution in [3.8, 4) is 6.07 Å². The van der Waals surface area contributed by atoms with Crippen LogP contribution in [-0.2, 0) is 4.79 Å². The molecule has 1 aliphatic heterocycles. The van der Waals surface area contributed by atoms with Crippen LogP contribution in [0.5, 0.6) is 0 Å². The first kappa shape index (κ1) is 15.7. The minimum absolute atomic E-state index is 0.0856. The number of nitrogens with two attached hydrogens (primary N) is 1. The summed E-state index contributed by atoms with van der Waals surface area (Å²) in [6, 6.07) is 8.53. The molecule has 2 aromatic rings. The van der Waals surface area contributed by atoms with Gasteiger partial charge in [-0.2, -0.15) is 18.4 Å². The van der Waals surface area contributed by atoms with Gasteiger partial charge >= 0.3 is 6.18 Å². The number of aromatic nitrogens is 1. The number of hydrogen-bond donors (Lipinski definition) is 1. The molecule has 2 atom stereocenters. The number of benzene rings is 1. The van der Waals surface area contributed by atoms with Crippen LogP contribution in [0, 0.1) is 22.2 Å². The third-order valence-corrected chi connectivity index (χ3v) is 5.54. The Hall–Kier alpha value is -2.82. The molecule has 2 heterocycles. The van der Waals surface area contributed by atoms with E-state index in [1.54, 1.807) is 18.2 Å². The quantitative estimate of drug-likeness (QED) is 0.905. The zero-order valence-corrected chi connectivity index (χ0v) is 13.0. The number of pyridine rings is 1. The van der Waals surface area contributed by atoms with Crippen LogP contribution in [0.3, 0.4) is 0 Å². The van der Waals surface area contributed by atoms with E-state index in [0.29, 0.717) is 22.2 Å². The second-order valence-electron chi connectivity index (χ2n) is 6.70. The fraction of sp³-hybridized carbons (Fsp3) is 0.353. The maximum atomic E-state index is 13.6. The molecule has 25 heavy (non-hydrogen) atoms. The highest BCUT2D eigenvalue weighted by atomic mass is 19.4. The molecule has 1 aliphatic carbocycles. The highest BCUT2D eigenvalue weighted by molar-refractivity contribution is 5.96. The third-order valence-electron chi connectivity index (χ3n) is 5.54. The number of halogens is 3. The standard InChI is InChI=1S/C17H13F3N4O/c18-17(19,20)16-7-15(16,14(22)25)8-24(9-16)12-4-3-10(6-21)13-11(12)2-1-5-23-13/h1-5H,7-9H2,(H2,22,25)/t15-,16-/m1/s1. The van der Waals surface area contributed by atoms with Gasteiger partial charge in [-0.3, -0.25) is 9.78 Å². The van der Waals surface area contributed by atoms with Gasteiger partial charge in [-0.15, -0.1) is 0 Å². The topological polar surface area (TPSA) is 83.0 Å². The van der Waals surface area contributed by atoms with Crippen molar-refractivity contribution in [2.75, 3.05) is 18.0 Å². The summed E-state index contributed by atoms with van der Waals surface area (Å²) < 4.78 is 40.9. The number of anilines is 1. The fourth-order valence-corrected chi connectivity index (χ4v) is 4.15. The lowest BCUT2D eigenvalue weighted by atomic mass is 9.95. The number of primary amides is 1. The molecule has 1 aromatic carbocycles. The van der Waals surface area contributed by atoms with E-state index < -0.39 is 22.9 Å². The van der Waals surface area contributed by atoms with Crippen molar-refractivity contribution in [3.05, 3.63) is 36.0 Å². The number of hydrogen-bond acceptors (Lipinski definition) is 4. The van der Waals surface area contributed by atoms with Crippen molar-refractivity contribution in [3.63, 3.8) is 0 Å². The molecule has 0 bridgehead atoms. The molecule has 0 radical (unpaired) electrons. The van der Waals surface area contributed by atoms with E-state index in [0.717, 1.165) is 0 Å². The minimum atomic E-state index is -4.50. The van der Waals surface area contributed by atoms with Gasteiger partial charge in [0.15, 0.2) is 0 Å². The first-order valence-corrected chi connectivity index (χ1v) is 7.65. The zero-order chi connectivity index (χ0) is 18.0. The lowest BCUT2D eigenvalue weighted by Crippen LogP contribution is -2.37. The van der Waals surface area contributed by atoms with Crippen LogP contribution in [0.4, 0.5) is 18.9 Å². The summed E-state index contributed by atoms with van der Waals surface area (Å²) in [5.74, 6) is -0.914. The van der Waals surface area contributed by atoms with E-state index in [-0.39, 0.29) is 19.5 Å². The van der Waals surface area contributed by atoms with Crippen LogP contribution in [0.1, 0.15) is 12.0 Å². The Morgan fingerprint density at radius 1 is 1.32 bits per heavy atom.